The summed E-state index contributed by atoms with van der Waals surface area (Å²) >= 11 is 3.39. The molecule has 0 bridgehead atoms. The highest BCUT2D eigenvalue weighted by Gasteiger charge is 2.25. The van der Waals surface area contributed by atoms with Gasteiger partial charge in [-0.1, -0.05) is 15.9 Å². The van der Waals surface area contributed by atoms with Gasteiger partial charge in [0.2, 0.25) is 5.91 Å². The topological polar surface area (TPSA) is 29.5 Å². The van der Waals surface area contributed by atoms with Crippen molar-refractivity contribution in [3.05, 3.63) is 0 Å². The van der Waals surface area contributed by atoms with E-state index < -0.39 is 0 Å². The Bertz CT molecular complexity index is 193. The predicted octanol–water partition coefficient (Wildman–Crippen LogP) is 2.05. The van der Waals surface area contributed by atoms with Gasteiger partial charge in [-0.3, -0.25) is 4.79 Å². The monoisotopic (exact) mass is 277 g/mol. The van der Waals surface area contributed by atoms with E-state index in [1.54, 1.807) is 0 Å². The quantitative estimate of drug-likeness (QED) is 0.720. The van der Waals surface area contributed by atoms with Crippen LogP contribution in [-0.2, 0) is 9.53 Å². The molecular weight excluding hydrogens is 258 g/mol. The van der Waals surface area contributed by atoms with Crippen LogP contribution in [0.3, 0.4) is 0 Å². The summed E-state index contributed by atoms with van der Waals surface area (Å²) in [5.41, 5.74) is 0. The Morgan fingerprint density at radius 3 is 2.93 bits per heavy atom. The highest BCUT2D eigenvalue weighted by atomic mass is 79.9. The third-order valence-corrected chi connectivity index (χ3v) is 3.33. The minimum atomic E-state index is 0.106. The summed E-state index contributed by atoms with van der Waals surface area (Å²) in [6, 6.07) is 0. The molecule has 0 aromatic carbocycles. The van der Waals surface area contributed by atoms with Gasteiger partial charge in [0.05, 0.1) is 12.5 Å². The summed E-state index contributed by atoms with van der Waals surface area (Å²) in [5, 5.41) is 0.956. The first-order valence-electron chi connectivity index (χ1n) is 5.72. The van der Waals surface area contributed by atoms with Crippen LogP contribution in [0.15, 0.2) is 0 Å². The molecule has 1 rings (SSSR count). The van der Waals surface area contributed by atoms with Gasteiger partial charge < -0.3 is 9.64 Å². The van der Waals surface area contributed by atoms with Gasteiger partial charge in [0.1, 0.15) is 0 Å². The lowest BCUT2D eigenvalue weighted by atomic mass is 10.0. The maximum absolute atomic E-state index is 12.1. The molecule has 0 aromatic heterocycles. The van der Waals surface area contributed by atoms with Gasteiger partial charge in [-0.05, 0) is 26.2 Å². The SMILES string of the molecule is CCN(CCCBr)C(=O)C1CCCOC1. The zero-order chi connectivity index (χ0) is 11.1. The summed E-state index contributed by atoms with van der Waals surface area (Å²) < 4.78 is 5.35. The molecule has 1 fully saturated rings. The van der Waals surface area contributed by atoms with Gasteiger partial charge in [-0.2, -0.15) is 0 Å². The predicted molar refractivity (Wildman–Crippen MR) is 64.2 cm³/mol. The summed E-state index contributed by atoms with van der Waals surface area (Å²) in [7, 11) is 0. The van der Waals surface area contributed by atoms with E-state index in [-0.39, 0.29) is 11.8 Å². The number of halogens is 1. The molecule has 88 valence electrons. The van der Waals surface area contributed by atoms with Gasteiger partial charge >= 0.3 is 0 Å². The van der Waals surface area contributed by atoms with Crippen LogP contribution in [-0.4, -0.2) is 42.4 Å². The molecule has 1 saturated heterocycles. The number of carbonyl (C=O) groups excluding carboxylic acids is 1. The normalized spacial score (nSPS) is 21.3. The number of ether oxygens (including phenoxy) is 1. The van der Waals surface area contributed by atoms with Crippen LogP contribution in [0.4, 0.5) is 0 Å². The fourth-order valence-corrected chi connectivity index (χ4v) is 2.12. The molecular formula is C11H20BrNO2. The Balaban J connectivity index is 2.40. The average Bonchev–Trinajstić information content (AvgIpc) is 2.31. The van der Waals surface area contributed by atoms with Crippen LogP contribution in [0.5, 0.6) is 0 Å². The van der Waals surface area contributed by atoms with Gasteiger partial charge in [0.25, 0.3) is 0 Å². The van der Waals surface area contributed by atoms with E-state index in [0.717, 1.165) is 44.3 Å². The Kier molecular flexibility index (Phi) is 6.25. The van der Waals surface area contributed by atoms with Crippen molar-refractivity contribution in [3.63, 3.8) is 0 Å². The minimum Gasteiger partial charge on any atom is -0.381 e. The van der Waals surface area contributed by atoms with Gasteiger partial charge in [0, 0.05) is 25.0 Å². The van der Waals surface area contributed by atoms with Crippen molar-refractivity contribution in [2.24, 2.45) is 5.92 Å². The fraction of sp³-hybridized carbons (Fsp3) is 0.909. The van der Waals surface area contributed by atoms with Crippen LogP contribution in [0, 0.1) is 5.92 Å². The molecule has 1 aliphatic rings. The van der Waals surface area contributed by atoms with E-state index >= 15 is 0 Å². The average molecular weight is 278 g/mol. The first-order chi connectivity index (χ1) is 7.29. The molecule has 0 radical (unpaired) electrons. The highest BCUT2D eigenvalue weighted by molar-refractivity contribution is 9.09. The largest absolute Gasteiger partial charge is 0.381 e. The lowest BCUT2D eigenvalue weighted by molar-refractivity contribution is -0.139. The Morgan fingerprint density at radius 1 is 1.60 bits per heavy atom. The Hall–Kier alpha value is -0.0900. The second-order valence-corrected chi connectivity index (χ2v) is 4.67. The third-order valence-electron chi connectivity index (χ3n) is 2.76. The van der Waals surface area contributed by atoms with Gasteiger partial charge in [-0.25, -0.2) is 0 Å². The smallest absolute Gasteiger partial charge is 0.227 e. The van der Waals surface area contributed by atoms with E-state index in [0.29, 0.717) is 6.61 Å². The summed E-state index contributed by atoms with van der Waals surface area (Å²) in [6.07, 6.45) is 3.03. The second-order valence-electron chi connectivity index (χ2n) is 3.87. The summed E-state index contributed by atoms with van der Waals surface area (Å²) in [5.74, 6) is 0.382. The summed E-state index contributed by atoms with van der Waals surface area (Å²) in [4.78, 5) is 14.0. The number of hydrogen-bond acceptors (Lipinski definition) is 2. The van der Waals surface area contributed by atoms with Crippen LogP contribution < -0.4 is 0 Å². The molecule has 0 spiro atoms. The van der Waals surface area contributed by atoms with Gasteiger partial charge in [-0.15, -0.1) is 0 Å². The minimum absolute atomic E-state index is 0.106. The van der Waals surface area contributed by atoms with E-state index in [1.165, 1.54) is 0 Å². The van der Waals surface area contributed by atoms with Crippen LogP contribution in [0.1, 0.15) is 26.2 Å². The Morgan fingerprint density at radius 2 is 2.40 bits per heavy atom. The number of carbonyl (C=O) groups is 1. The maximum Gasteiger partial charge on any atom is 0.227 e. The van der Waals surface area contributed by atoms with Crippen molar-refractivity contribution in [1.82, 2.24) is 4.90 Å². The standard InChI is InChI=1S/C11H20BrNO2/c1-2-13(7-4-6-12)11(14)10-5-3-8-15-9-10/h10H,2-9H2,1H3. The zero-order valence-electron chi connectivity index (χ0n) is 9.38. The second kappa shape index (κ2) is 7.23. The third kappa shape index (κ3) is 4.11. The molecule has 0 aromatic rings. The van der Waals surface area contributed by atoms with Crippen molar-refractivity contribution >= 4 is 21.8 Å². The van der Waals surface area contributed by atoms with Crippen LogP contribution >= 0.6 is 15.9 Å². The van der Waals surface area contributed by atoms with Crippen molar-refractivity contribution in [2.75, 3.05) is 31.6 Å². The van der Waals surface area contributed by atoms with Gasteiger partial charge in [0.15, 0.2) is 0 Å². The van der Waals surface area contributed by atoms with E-state index in [9.17, 15) is 4.79 Å². The number of hydrogen-bond donors (Lipinski definition) is 0. The van der Waals surface area contributed by atoms with E-state index in [1.807, 2.05) is 11.8 Å². The zero-order valence-corrected chi connectivity index (χ0v) is 11.0. The van der Waals surface area contributed by atoms with Crippen molar-refractivity contribution < 1.29 is 9.53 Å². The number of amides is 1. The van der Waals surface area contributed by atoms with E-state index in [2.05, 4.69) is 15.9 Å². The molecule has 0 N–H and O–H groups in total. The number of alkyl halides is 1. The molecule has 1 unspecified atom stereocenters. The van der Waals surface area contributed by atoms with Crippen LogP contribution in [0.2, 0.25) is 0 Å². The van der Waals surface area contributed by atoms with Crippen LogP contribution in [0.25, 0.3) is 0 Å². The fourth-order valence-electron chi connectivity index (χ4n) is 1.87. The molecule has 0 aliphatic carbocycles. The molecule has 0 saturated carbocycles. The lowest BCUT2D eigenvalue weighted by Gasteiger charge is -2.28. The van der Waals surface area contributed by atoms with Crippen molar-refractivity contribution in [2.45, 2.75) is 26.2 Å². The Labute approximate surface area is 100 Å². The lowest BCUT2D eigenvalue weighted by Crippen LogP contribution is -2.40. The van der Waals surface area contributed by atoms with E-state index in [4.69, 9.17) is 4.74 Å². The molecule has 1 atom stereocenters. The molecule has 15 heavy (non-hydrogen) atoms. The maximum atomic E-state index is 12.1. The molecule has 1 amide bonds. The highest BCUT2D eigenvalue weighted by Crippen LogP contribution is 2.16. The molecule has 3 nitrogen and oxygen atoms in total. The van der Waals surface area contributed by atoms with Crippen molar-refractivity contribution in [3.8, 4) is 0 Å². The summed E-state index contributed by atoms with van der Waals surface area (Å²) in [6.45, 7) is 5.14. The molecule has 1 heterocycles. The molecule has 1 aliphatic heterocycles. The van der Waals surface area contributed by atoms with Crippen molar-refractivity contribution in [1.29, 1.82) is 0 Å². The first-order valence-corrected chi connectivity index (χ1v) is 6.84. The number of nitrogens with zero attached hydrogens (tertiary/aromatic N) is 1. The number of rotatable bonds is 5. The molecule has 4 heteroatoms. The first kappa shape index (κ1) is 13.0.